The van der Waals surface area contributed by atoms with Gasteiger partial charge in [0, 0.05) is 25.2 Å². The zero-order chi connectivity index (χ0) is 19.6. The number of halogens is 3. The van der Waals surface area contributed by atoms with E-state index in [4.69, 9.17) is 0 Å². The number of aliphatic imine (C=N–C) groups is 1. The lowest BCUT2D eigenvalue weighted by Gasteiger charge is -2.39. The van der Waals surface area contributed by atoms with Crippen molar-refractivity contribution in [3.63, 3.8) is 0 Å². The minimum atomic E-state index is -4.74. The fraction of sp³-hybridized carbons (Fsp3) is 0.333. The molecular formula is C18H19F3N4O2. The Morgan fingerprint density at radius 2 is 1.93 bits per heavy atom. The molecule has 1 N–H and O–H groups in total. The second-order valence-corrected chi connectivity index (χ2v) is 6.11. The second-order valence-electron chi connectivity index (χ2n) is 6.11. The van der Waals surface area contributed by atoms with Crippen molar-refractivity contribution < 1.29 is 23.0 Å². The summed E-state index contributed by atoms with van der Waals surface area (Å²) in [5.41, 5.74) is 2.24. The maximum atomic E-state index is 12.4. The summed E-state index contributed by atoms with van der Waals surface area (Å²) in [5, 5.41) is 13.9. The summed E-state index contributed by atoms with van der Waals surface area (Å²) in [6.45, 7) is 1.73. The molecule has 9 heteroatoms. The standard InChI is InChI=1S/C18H19F3N4O2/c1-12(11-26)25-15(7-9-22-17(25)16-8-10-23-24(16)2)13-3-5-14(6-4-13)27-18(19,20)21/h3-10,12,17,26H,11H2,1-2H3/t12-,17?/m0/s1. The fourth-order valence-electron chi connectivity index (χ4n) is 2.98. The van der Waals surface area contributed by atoms with Crippen molar-refractivity contribution in [2.45, 2.75) is 25.5 Å². The van der Waals surface area contributed by atoms with E-state index < -0.39 is 12.5 Å². The van der Waals surface area contributed by atoms with Crippen LogP contribution in [0, 0.1) is 0 Å². The van der Waals surface area contributed by atoms with Gasteiger partial charge in [-0.05, 0) is 48.9 Å². The molecule has 1 aromatic heterocycles. The van der Waals surface area contributed by atoms with Crippen LogP contribution in [0.15, 0.2) is 47.6 Å². The van der Waals surface area contributed by atoms with E-state index >= 15 is 0 Å². The van der Waals surface area contributed by atoms with E-state index in [-0.39, 0.29) is 18.4 Å². The van der Waals surface area contributed by atoms with Crippen molar-refractivity contribution in [3.05, 3.63) is 53.9 Å². The van der Waals surface area contributed by atoms with Crippen LogP contribution in [0.2, 0.25) is 0 Å². The van der Waals surface area contributed by atoms with Gasteiger partial charge in [0.15, 0.2) is 6.17 Å². The van der Waals surface area contributed by atoms with Gasteiger partial charge in [-0.25, -0.2) is 0 Å². The Morgan fingerprint density at radius 3 is 2.48 bits per heavy atom. The van der Waals surface area contributed by atoms with Crippen LogP contribution in [0.25, 0.3) is 5.70 Å². The lowest BCUT2D eigenvalue weighted by Crippen LogP contribution is -2.39. The second kappa shape index (κ2) is 7.43. The van der Waals surface area contributed by atoms with Crippen LogP contribution in [0.4, 0.5) is 13.2 Å². The Bertz CT molecular complexity index is 843. The summed E-state index contributed by atoms with van der Waals surface area (Å²) >= 11 is 0. The SMILES string of the molecule is C[C@@H](CO)N1C(c2ccc(OC(F)(F)F)cc2)=CC=NC1c1ccnn1C. The van der Waals surface area contributed by atoms with Crippen molar-refractivity contribution in [2.24, 2.45) is 12.0 Å². The Balaban J connectivity index is 1.94. The van der Waals surface area contributed by atoms with E-state index in [1.165, 1.54) is 12.1 Å². The number of aryl methyl sites for hydroxylation is 1. The Labute approximate surface area is 154 Å². The summed E-state index contributed by atoms with van der Waals surface area (Å²) in [5.74, 6) is -0.290. The van der Waals surface area contributed by atoms with Crippen LogP contribution in [-0.2, 0) is 7.05 Å². The molecule has 27 heavy (non-hydrogen) atoms. The molecule has 6 nitrogen and oxygen atoms in total. The third-order valence-electron chi connectivity index (χ3n) is 4.25. The van der Waals surface area contributed by atoms with Gasteiger partial charge in [-0.3, -0.25) is 9.67 Å². The van der Waals surface area contributed by atoms with E-state index in [0.717, 1.165) is 11.4 Å². The van der Waals surface area contributed by atoms with Gasteiger partial charge in [0.1, 0.15) is 5.75 Å². The van der Waals surface area contributed by atoms with Gasteiger partial charge >= 0.3 is 6.36 Å². The molecule has 1 aliphatic rings. The van der Waals surface area contributed by atoms with Crippen LogP contribution < -0.4 is 4.74 Å². The molecule has 0 fully saturated rings. The number of aliphatic hydroxyl groups is 1. The van der Waals surface area contributed by atoms with Gasteiger partial charge in [0.05, 0.1) is 18.3 Å². The Kier molecular flexibility index (Phi) is 5.22. The number of allylic oxidation sites excluding steroid dienone is 1. The summed E-state index contributed by atoms with van der Waals surface area (Å²) in [7, 11) is 1.80. The molecule has 1 aliphatic heterocycles. The Morgan fingerprint density at radius 1 is 1.22 bits per heavy atom. The van der Waals surface area contributed by atoms with Crippen LogP contribution in [0.3, 0.4) is 0 Å². The molecule has 1 unspecified atom stereocenters. The predicted molar refractivity (Wildman–Crippen MR) is 93.9 cm³/mol. The minimum Gasteiger partial charge on any atom is -0.406 e. The molecule has 2 aromatic rings. The predicted octanol–water partition coefficient (Wildman–Crippen LogP) is 3.13. The van der Waals surface area contributed by atoms with Crippen molar-refractivity contribution in [1.29, 1.82) is 0 Å². The average Bonchev–Trinajstić information content (AvgIpc) is 3.05. The monoisotopic (exact) mass is 380 g/mol. The number of rotatable bonds is 5. The Hall–Kier alpha value is -2.81. The number of alkyl halides is 3. The third kappa shape index (κ3) is 4.13. The van der Waals surface area contributed by atoms with Crippen LogP contribution in [0.5, 0.6) is 5.75 Å². The average molecular weight is 380 g/mol. The molecule has 2 heterocycles. The maximum Gasteiger partial charge on any atom is 0.573 e. The first-order chi connectivity index (χ1) is 12.8. The van der Waals surface area contributed by atoms with E-state index in [9.17, 15) is 18.3 Å². The smallest absolute Gasteiger partial charge is 0.406 e. The molecule has 0 spiro atoms. The van der Waals surface area contributed by atoms with Crippen molar-refractivity contribution >= 4 is 11.9 Å². The van der Waals surface area contributed by atoms with E-state index in [1.807, 2.05) is 17.9 Å². The van der Waals surface area contributed by atoms with Gasteiger partial charge in [0.2, 0.25) is 0 Å². The molecule has 3 rings (SSSR count). The third-order valence-corrected chi connectivity index (χ3v) is 4.25. The number of nitrogens with zero attached hydrogens (tertiary/aromatic N) is 4. The molecule has 0 aliphatic carbocycles. The number of aromatic nitrogens is 2. The summed E-state index contributed by atoms with van der Waals surface area (Å²) in [6, 6.07) is 7.17. The number of benzene rings is 1. The highest BCUT2D eigenvalue weighted by molar-refractivity contribution is 5.86. The molecule has 0 amide bonds. The molecular weight excluding hydrogens is 361 g/mol. The number of hydrogen-bond acceptors (Lipinski definition) is 5. The van der Waals surface area contributed by atoms with Crippen LogP contribution >= 0.6 is 0 Å². The van der Waals surface area contributed by atoms with Crippen LogP contribution in [-0.4, -0.2) is 45.0 Å². The zero-order valence-corrected chi connectivity index (χ0v) is 14.8. The largest absolute Gasteiger partial charge is 0.573 e. The number of ether oxygens (including phenoxy) is 1. The lowest BCUT2D eigenvalue weighted by atomic mass is 10.1. The first-order valence-corrected chi connectivity index (χ1v) is 8.27. The normalized spacial score (nSPS) is 18.4. The zero-order valence-electron chi connectivity index (χ0n) is 14.8. The summed E-state index contributed by atoms with van der Waals surface area (Å²) in [6.07, 6.45) is -0.0774. The first-order valence-electron chi connectivity index (χ1n) is 8.27. The van der Waals surface area contributed by atoms with E-state index in [0.29, 0.717) is 5.56 Å². The van der Waals surface area contributed by atoms with Crippen molar-refractivity contribution in [3.8, 4) is 5.75 Å². The summed E-state index contributed by atoms with van der Waals surface area (Å²) in [4.78, 5) is 6.42. The van der Waals surface area contributed by atoms with E-state index in [1.54, 1.807) is 42.3 Å². The highest BCUT2D eigenvalue weighted by atomic mass is 19.4. The number of hydrogen-bond donors (Lipinski definition) is 1. The van der Waals surface area contributed by atoms with Gasteiger partial charge in [-0.2, -0.15) is 5.10 Å². The molecule has 144 valence electrons. The highest BCUT2D eigenvalue weighted by Gasteiger charge is 2.32. The maximum absolute atomic E-state index is 12.4. The molecule has 0 radical (unpaired) electrons. The minimum absolute atomic E-state index is 0.115. The quantitative estimate of drug-likeness (QED) is 0.866. The van der Waals surface area contributed by atoms with Gasteiger partial charge in [-0.15, -0.1) is 13.2 Å². The molecule has 0 saturated heterocycles. The van der Waals surface area contributed by atoms with Crippen molar-refractivity contribution in [1.82, 2.24) is 14.7 Å². The number of aliphatic hydroxyl groups excluding tert-OH is 1. The molecule has 0 bridgehead atoms. The van der Waals surface area contributed by atoms with Gasteiger partial charge < -0.3 is 14.7 Å². The molecule has 1 aromatic carbocycles. The van der Waals surface area contributed by atoms with E-state index in [2.05, 4.69) is 14.8 Å². The summed E-state index contributed by atoms with van der Waals surface area (Å²) < 4.78 is 42.7. The first kappa shape index (κ1) is 19.0. The highest BCUT2D eigenvalue weighted by Crippen LogP contribution is 2.35. The molecule has 2 atom stereocenters. The van der Waals surface area contributed by atoms with Crippen LogP contribution in [0.1, 0.15) is 24.3 Å². The van der Waals surface area contributed by atoms with Gasteiger partial charge in [-0.1, -0.05) is 0 Å². The van der Waals surface area contributed by atoms with Gasteiger partial charge in [0.25, 0.3) is 0 Å². The van der Waals surface area contributed by atoms with Crippen molar-refractivity contribution in [2.75, 3.05) is 6.61 Å². The lowest BCUT2D eigenvalue weighted by molar-refractivity contribution is -0.274. The fourth-order valence-corrected chi connectivity index (χ4v) is 2.98. The molecule has 0 saturated carbocycles. The topological polar surface area (TPSA) is 62.9 Å².